The van der Waals surface area contributed by atoms with Gasteiger partial charge in [-0.1, -0.05) is 25.6 Å². The fourth-order valence-corrected chi connectivity index (χ4v) is 0.999. The fraction of sp³-hybridized carbons (Fsp3) is 0.833. The third kappa shape index (κ3) is 4.19. The lowest BCUT2D eigenvalue weighted by Gasteiger charge is -2.11. The molecule has 0 atom stereocenters. The number of thioether (sulfide) groups is 1. The van der Waals surface area contributed by atoms with Crippen LogP contribution in [0.2, 0.25) is 0 Å². The van der Waals surface area contributed by atoms with Gasteiger partial charge in [-0.05, 0) is 5.92 Å². The predicted molar refractivity (Wildman–Crippen MR) is 39.9 cm³/mol. The van der Waals surface area contributed by atoms with E-state index >= 15 is 0 Å². The van der Waals surface area contributed by atoms with Crippen LogP contribution in [0, 0.1) is 5.92 Å². The van der Waals surface area contributed by atoms with Crippen molar-refractivity contribution in [2.24, 2.45) is 5.92 Å². The zero-order valence-corrected chi connectivity index (χ0v) is 7.12. The molecule has 0 heterocycles. The Balaban J connectivity index is 3.83. The molecule has 0 aromatic carbocycles. The van der Waals surface area contributed by atoms with E-state index in [1.807, 2.05) is 0 Å². The lowest BCUT2D eigenvalue weighted by molar-refractivity contribution is -0.152. The van der Waals surface area contributed by atoms with Gasteiger partial charge < -0.3 is 5.11 Å². The van der Waals surface area contributed by atoms with Gasteiger partial charge in [-0.15, -0.1) is 0 Å². The van der Waals surface area contributed by atoms with Crippen molar-refractivity contribution in [3.8, 4) is 0 Å². The first kappa shape index (κ1) is 10.7. The van der Waals surface area contributed by atoms with E-state index in [0.717, 1.165) is 0 Å². The summed E-state index contributed by atoms with van der Waals surface area (Å²) in [4.78, 5) is 9.86. The molecular weight excluding hydrogens is 174 g/mol. The molecular formula is C6H10F2O2S. The van der Waals surface area contributed by atoms with Crippen molar-refractivity contribution in [1.82, 2.24) is 0 Å². The van der Waals surface area contributed by atoms with Crippen molar-refractivity contribution < 1.29 is 18.7 Å². The Morgan fingerprint density at radius 3 is 2.36 bits per heavy atom. The van der Waals surface area contributed by atoms with Crippen LogP contribution in [0.1, 0.15) is 13.8 Å². The van der Waals surface area contributed by atoms with Crippen molar-refractivity contribution in [1.29, 1.82) is 0 Å². The van der Waals surface area contributed by atoms with Gasteiger partial charge in [0, 0.05) is 5.75 Å². The third-order valence-electron chi connectivity index (χ3n) is 0.847. The van der Waals surface area contributed by atoms with Gasteiger partial charge in [-0.25, -0.2) is 4.79 Å². The Bertz CT molecular complexity index is 148. The average Bonchev–Trinajstić information content (AvgIpc) is 1.84. The summed E-state index contributed by atoms with van der Waals surface area (Å²) >= 11 is 0.162. The highest BCUT2D eigenvalue weighted by molar-refractivity contribution is 8.01. The summed E-state index contributed by atoms with van der Waals surface area (Å²) < 4.78 is 24.5. The average molecular weight is 184 g/mol. The van der Waals surface area contributed by atoms with Crippen molar-refractivity contribution in [3.63, 3.8) is 0 Å². The van der Waals surface area contributed by atoms with Crippen LogP contribution in [0.15, 0.2) is 0 Å². The van der Waals surface area contributed by atoms with Crippen LogP contribution in [0.25, 0.3) is 0 Å². The molecule has 0 aliphatic carbocycles. The number of alkyl halides is 2. The van der Waals surface area contributed by atoms with E-state index in [4.69, 9.17) is 5.11 Å². The number of carboxylic acid groups (broad SMARTS) is 1. The maximum atomic E-state index is 12.3. The summed E-state index contributed by atoms with van der Waals surface area (Å²) in [6.45, 7) is 3.51. The summed E-state index contributed by atoms with van der Waals surface area (Å²) in [7, 11) is 0. The summed E-state index contributed by atoms with van der Waals surface area (Å²) in [5.74, 6) is -1.84. The van der Waals surface area contributed by atoms with Gasteiger partial charge in [0.25, 0.3) is 0 Å². The zero-order chi connectivity index (χ0) is 9.07. The molecule has 0 unspecified atom stereocenters. The molecule has 5 heteroatoms. The normalized spacial score (nSPS) is 12.1. The third-order valence-corrected chi connectivity index (χ3v) is 2.22. The molecule has 1 N–H and O–H groups in total. The van der Waals surface area contributed by atoms with Crippen molar-refractivity contribution >= 4 is 17.7 Å². The number of hydrogen-bond donors (Lipinski definition) is 1. The molecule has 0 amide bonds. The van der Waals surface area contributed by atoms with E-state index in [1.165, 1.54) is 0 Å². The monoisotopic (exact) mass is 184 g/mol. The molecule has 66 valence electrons. The quantitative estimate of drug-likeness (QED) is 0.726. The van der Waals surface area contributed by atoms with Crippen LogP contribution in [0.5, 0.6) is 0 Å². The van der Waals surface area contributed by atoms with Crippen LogP contribution in [-0.4, -0.2) is 22.1 Å². The minimum atomic E-state index is -3.63. The van der Waals surface area contributed by atoms with Gasteiger partial charge in [-0.3, -0.25) is 0 Å². The first-order valence-electron chi connectivity index (χ1n) is 3.11. The molecule has 0 fully saturated rings. The zero-order valence-electron chi connectivity index (χ0n) is 6.30. The summed E-state index contributed by atoms with van der Waals surface area (Å²) in [6.07, 6.45) is 0. The van der Waals surface area contributed by atoms with Crippen LogP contribution in [0.4, 0.5) is 8.78 Å². The number of halogens is 2. The van der Waals surface area contributed by atoms with Gasteiger partial charge in [0.2, 0.25) is 0 Å². The predicted octanol–water partition coefficient (Wildman–Crippen LogP) is 2.05. The first-order valence-corrected chi connectivity index (χ1v) is 4.10. The highest BCUT2D eigenvalue weighted by Crippen LogP contribution is 2.30. The maximum absolute atomic E-state index is 12.3. The van der Waals surface area contributed by atoms with Crippen LogP contribution < -0.4 is 0 Å². The standard InChI is InChI=1S/C6H10F2O2S/c1-4(2)3-11-6(7,8)5(9)10/h4H,3H2,1-2H3,(H,9,10). The van der Waals surface area contributed by atoms with Crippen LogP contribution >= 0.6 is 11.8 Å². The Hall–Kier alpha value is -0.320. The second-order valence-corrected chi connectivity index (χ2v) is 3.66. The van der Waals surface area contributed by atoms with Crippen molar-refractivity contribution in [3.05, 3.63) is 0 Å². The van der Waals surface area contributed by atoms with Crippen LogP contribution in [0.3, 0.4) is 0 Å². The molecule has 0 bridgehead atoms. The molecule has 0 rings (SSSR count). The summed E-state index contributed by atoms with van der Waals surface area (Å²) in [5, 5.41) is 4.35. The minimum absolute atomic E-state index is 0.0743. The molecule has 0 aliphatic heterocycles. The molecule has 0 saturated carbocycles. The number of aliphatic carboxylic acids is 1. The fourth-order valence-electron chi connectivity index (χ4n) is 0.333. The molecule has 11 heavy (non-hydrogen) atoms. The van der Waals surface area contributed by atoms with Crippen molar-refractivity contribution in [2.45, 2.75) is 19.1 Å². The number of carboxylic acids is 1. The van der Waals surface area contributed by atoms with Gasteiger partial charge >= 0.3 is 11.2 Å². The molecule has 0 saturated heterocycles. The Morgan fingerprint density at radius 2 is 2.09 bits per heavy atom. The van der Waals surface area contributed by atoms with Gasteiger partial charge in [0.15, 0.2) is 0 Å². The largest absolute Gasteiger partial charge is 0.476 e. The van der Waals surface area contributed by atoms with E-state index in [-0.39, 0.29) is 23.4 Å². The number of hydrogen-bond acceptors (Lipinski definition) is 2. The Labute approximate surface area is 68.0 Å². The van der Waals surface area contributed by atoms with Gasteiger partial charge in [0.05, 0.1) is 0 Å². The number of rotatable bonds is 4. The van der Waals surface area contributed by atoms with Gasteiger partial charge in [0.1, 0.15) is 0 Å². The van der Waals surface area contributed by atoms with Gasteiger partial charge in [-0.2, -0.15) is 8.78 Å². The topological polar surface area (TPSA) is 37.3 Å². The highest BCUT2D eigenvalue weighted by Gasteiger charge is 2.39. The maximum Gasteiger partial charge on any atom is 0.388 e. The van der Waals surface area contributed by atoms with Crippen molar-refractivity contribution in [2.75, 3.05) is 5.75 Å². The van der Waals surface area contributed by atoms with E-state index in [9.17, 15) is 13.6 Å². The van der Waals surface area contributed by atoms with E-state index in [2.05, 4.69) is 0 Å². The minimum Gasteiger partial charge on any atom is -0.476 e. The molecule has 0 spiro atoms. The molecule has 2 nitrogen and oxygen atoms in total. The van der Waals surface area contributed by atoms with E-state index in [1.54, 1.807) is 13.8 Å². The smallest absolute Gasteiger partial charge is 0.388 e. The molecule has 0 aliphatic rings. The highest BCUT2D eigenvalue weighted by atomic mass is 32.2. The molecule has 0 aromatic heterocycles. The lowest BCUT2D eigenvalue weighted by atomic mass is 10.3. The SMILES string of the molecule is CC(C)CSC(F)(F)C(=O)O. The second-order valence-electron chi connectivity index (χ2n) is 2.53. The summed E-state index contributed by atoms with van der Waals surface area (Å²) in [5.41, 5.74) is 0. The molecule has 0 aromatic rings. The van der Waals surface area contributed by atoms with E-state index < -0.39 is 11.2 Å². The molecule has 0 radical (unpaired) electrons. The lowest BCUT2D eigenvalue weighted by Crippen LogP contribution is -2.24. The summed E-state index contributed by atoms with van der Waals surface area (Å²) in [6, 6.07) is 0. The number of carbonyl (C=O) groups is 1. The second kappa shape index (κ2) is 3.90. The van der Waals surface area contributed by atoms with Crippen LogP contribution in [-0.2, 0) is 4.79 Å². The van der Waals surface area contributed by atoms with E-state index in [0.29, 0.717) is 0 Å². The Kier molecular flexibility index (Phi) is 3.78. The Morgan fingerprint density at radius 1 is 1.64 bits per heavy atom. The first-order chi connectivity index (χ1) is 4.86.